The van der Waals surface area contributed by atoms with Crippen LogP contribution in [0.1, 0.15) is 47.5 Å². The molecule has 11 heteroatoms. The third-order valence-corrected chi connectivity index (χ3v) is 8.62. The van der Waals surface area contributed by atoms with E-state index in [2.05, 4.69) is 0 Å². The van der Waals surface area contributed by atoms with Crippen molar-refractivity contribution in [3.05, 3.63) is 103 Å². The fraction of sp³-hybridized carbons (Fsp3) is 0.222. The van der Waals surface area contributed by atoms with E-state index in [1.807, 2.05) is 13.0 Å². The van der Waals surface area contributed by atoms with Crippen LogP contribution in [0.15, 0.2) is 70.0 Å². The van der Waals surface area contributed by atoms with E-state index in [0.29, 0.717) is 38.2 Å². The third-order valence-electron chi connectivity index (χ3n) is 6.12. The predicted molar refractivity (Wildman–Crippen MR) is 146 cm³/mol. The molecule has 0 unspecified atom stereocenters. The Morgan fingerprint density at radius 1 is 1.05 bits per heavy atom. The Kier molecular flexibility index (Phi) is 8.10. The van der Waals surface area contributed by atoms with Crippen LogP contribution >= 0.6 is 23.2 Å². The van der Waals surface area contributed by atoms with E-state index < -0.39 is 31.4 Å². The number of nitrogens with zero attached hydrogens (tertiary/aromatic N) is 2. The molecule has 0 spiro atoms. The Labute approximate surface area is 230 Å². The summed E-state index contributed by atoms with van der Waals surface area (Å²) < 4.78 is 33.5. The van der Waals surface area contributed by atoms with Crippen LogP contribution in [0.25, 0.3) is 11.0 Å². The van der Waals surface area contributed by atoms with Crippen LogP contribution in [0.2, 0.25) is 10.0 Å². The van der Waals surface area contributed by atoms with Gasteiger partial charge in [-0.1, -0.05) is 48.3 Å². The molecule has 1 aromatic heterocycles. The van der Waals surface area contributed by atoms with Crippen LogP contribution < -0.4 is 0 Å². The van der Waals surface area contributed by atoms with Gasteiger partial charge in [-0.2, -0.15) is 0 Å². The molecular weight excluding hydrogens is 551 g/mol. The highest BCUT2D eigenvalue weighted by molar-refractivity contribution is 7.89. The largest absolute Gasteiger partial charge is 0.461 e. The van der Waals surface area contributed by atoms with E-state index in [-0.39, 0.29) is 12.1 Å². The summed E-state index contributed by atoms with van der Waals surface area (Å²) >= 11 is 12.5. The van der Waals surface area contributed by atoms with Crippen LogP contribution in [0.5, 0.6) is 0 Å². The number of hydrogen-bond acceptors (Lipinski definition) is 6. The van der Waals surface area contributed by atoms with Gasteiger partial charge in [-0.25, -0.2) is 12.7 Å². The first-order valence-corrected chi connectivity index (χ1v) is 14.1. The molecule has 4 aromatic rings. The lowest BCUT2D eigenvalue weighted by atomic mass is 9.99. The number of fused-ring (bicyclic) bond motifs is 1. The number of sulfonamides is 1. The molecule has 0 N–H and O–H groups in total. The average molecular weight is 575 g/mol. The van der Waals surface area contributed by atoms with Gasteiger partial charge in [0.25, 0.3) is 21.6 Å². The van der Waals surface area contributed by atoms with Crippen LogP contribution in [0, 0.1) is 10.1 Å². The number of halogens is 2. The summed E-state index contributed by atoms with van der Waals surface area (Å²) in [6, 6.07) is 14.9. The summed E-state index contributed by atoms with van der Waals surface area (Å²) in [7, 11) is -4.51. The summed E-state index contributed by atoms with van der Waals surface area (Å²) in [5.74, 6) is -0.0562. The third kappa shape index (κ3) is 5.27. The molecule has 4 rings (SSSR count). The van der Waals surface area contributed by atoms with E-state index in [4.69, 9.17) is 27.6 Å². The van der Waals surface area contributed by atoms with Crippen molar-refractivity contribution in [2.24, 2.45) is 0 Å². The molecule has 0 fully saturated rings. The van der Waals surface area contributed by atoms with E-state index in [9.17, 15) is 23.3 Å². The number of benzene rings is 3. The second-order valence-corrected chi connectivity index (χ2v) is 11.3. The summed E-state index contributed by atoms with van der Waals surface area (Å²) in [5, 5.41) is 13.1. The molecular formula is C27H24Cl2N2O6S. The van der Waals surface area contributed by atoms with Gasteiger partial charge < -0.3 is 4.42 Å². The lowest BCUT2D eigenvalue weighted by Crippen LogP contribution is -2.37. The first-order chi connectivity index (χ1) is 18.1. The summed E-state index contributed by atoms with van der Waals surface area (Å²) in [5.41, 5.74) is 1.71. The standard InChI is InChI=1S/C27H24Cl2N2O6S/c1-3-7-24-20(14-17-10-12-19(28)16-22(17)29)21-15-18(11-13-25(21)37-24)27(32)30(4-2)38(35,36)26-9-6-5-8-23(26)31(33)34/h5-6,8-13,15-16H,3-4,7,14H2,1-2H3. The highest BCUT2D eigenvalue weighted by Gasteiger charge is 2.34. The van der Waals surface area contributed by atoms with Crippen molar-refractivity contribution in [2.75, 3.05) is 6.54 Å². The molecule has 0 bridgehead atoms. The van der Waals surface area contributed by atoms with Crippen molar-refractivity contribution >= 4 is 55.8 Å². The molecule has 0 aliphatic carbocycles. The van der Waals surface area contributed by atoms with E-state index in [0.717, 1.165) is 35.4 Å². The topological polar surface area (TPSA) is 111 Å². The van der Waals surface area contributed by atoms with Crippen molar-refractivity contribution in [1.82, 2.24) is 4.31 Å². The molecule has 0 atom stereocenters. The van der Waals surface area contributed by atoms with Gasteiger partial charge in [0.05, 0.1) is 4.92 Å². The second-order valence-electron chi connectivity index (χ2n) is 8.58. The number of furan rings is 1. The summed E-state index contributed by atoms with van der Waals surface area (Å²) in [4.78, 5) is 23.7. The molecule has 0 saturated carbocycles. The van der Waals surface area contributed by atoms with Gasteiger partial charge in [-0.05, 0) is 55.3 Å². The minimum absolute atomic E-state index is 0.105. The van der Waals surface area contributed by atoms with Crippen LogP contribution in [-0.4, -0.2) is 30.1 Å². The maximum absolute atomic E-state index is 13.5. The predicted octanol–water partition coefficient (Wildman–Crippen LogP) is 7.04. The molecule has 1 amide bonds. The summed E-state index contributed by atoms with van der Waals surface area (Å²) in [6.07, 6.45) is 1.90. The lowest BCUT2D eigenvalue weighted by Gasteiger charge is -2.21. The number of para-hydroxylation sites is 1. The minimum atomic E-state index is -4.51. The SMILES string of the molecule is CCCc1oc2ccc(C(=O)N(CC)S(=O)(=O)c3ccccc3[N+](=O)[O-])cc2c1Cc1ccc(Cl)cc1Cl. The van der Waals surface area contributed by atoms with Crippen LogP contribution in [0.4, 0.5) is 5.69 Å². The number of nitro benzene ring substituents is 1. The highest BCUT2D eigenvalue weighted by Crippen LogP contribution is 2.33. The van der Waals surface area contributed by atoms with Crippen LogP contribution in [-0.2, 0) is 22.9 Å². The first kappa shape index (κ1) is 27.6. The van der Waals surface area contributed by atoms with Gasteiger partial charge in [0.1, 0.15) is 11.3 Å². The molecule has 8 nitrogen and oxygen atoms in total. The normalized spacial score (nSPS) is 11.6. The van der Waals surface area contributed by atoms with Gasteiger partial charge in [0.15, 0.2) is 4.90 Å². The van der Waals surface area contributed by atoms with Crippen molar-refractivity contribution in [1.29, 1.82) is 0 Å². The van der Waals surface area contributed by atoms with Gasteiger partial charge in [0, 0.05) is 52.0 Å². The Morgan fingerprint density at radius 3 is 2.45 bits per heavy atom. The maximum Gasteiger partial charge on any atom is 0.289 e. The first-order valence-electron chi connectivity index (χ1n) is 11.9. The lowest BCUT2D eigenvalue weighted by molar-refractivity contribution is -0.387. The number of aryl methyl sites for hydroxylation is 1. The van der Waals surface area contributed by atoms with Crippen molar-refractivity contribution < 1.29 is 22.6 Å². The molecule has 38 heavy (non-hydrogen) atoms. The maximum atomic E-state index is 13.5. The van der Waals surface area contributed by atoms with E-state index in [1.54, 1.807) is 24.3 Å². The summed E-state index contributed by atoms with van der Waals surface area (Å²) in [6.45, 7) is 3.30. The quantitative estimate of drug-likeness (QED) is 0.156. The average Bonchev–Trinajstić information content (AvgIpc) is 3.22. The van der Waals surface area contributed by atoms with E-state index in [1.165, 1.54) is 25.1 Å². The second kappa shape index (κ2) is 11.1. The fourth-order valence-electron chi connectivity index (χ4n) is 4.32. The zero-order valence-corrected chi connectivity index (χ0v) is 22.9. The Morgan fingerprint density at radius 2 is 1.79 bits per heavy atom. The number of carbonyl (C=O) groups excluding carboxylic acids is 1. The van der Waals surface area contributed by atoms with Crippen molar-refractivity contribution in [2.45, 2.75) is 38.0 Å². The zero-order valence-electron chi connectivity index (χ0n) is 20.6. The fourth-order valence-corrected chi connectivity index (χ4v) is 6.36. The Bertz CT molecular complexity index is 1650. The molecule has 0 aliphatic rings. The minimum Gasteiger partial charge on any atom is -0.461 e. The number of rotatable bonds is 9. The highest BCUT2D eigenvalue weighted by atomic mass is 35.5. The zero-order chi connectivity index (χ0) is 27.6. The van der Waals surface area contributed by atoms with Gasteiger partial charge >= 0.3 is 0 Å². The van der Waals surface area contributed by atoms with Gasteiger partial charge in [-0.3, -0.25) is 14.9 Å². The molecule has 3 aromatic carbocycles. The molecule has 198 valence electrons. The van der Waals surface area contributed by atoms with Gasteiger partial charge in [-0.15, -0.1) is 0 Å². The smallest absolute Gasteiger partial charge is 0.289 e. The number of hydrogen-bond donors (Lipinski definition) is 0. The van der Waals surface area contributed by atoms with Gasteiger partial charge in [0.2, 0.25) is 0 Å². The number of nitro groups is 1. The van der Waals surface area contributed by atoms with Crippen molar-refractivity contribution in [3.63, 3.8) is 0 Å². The van der Waals surface area contributed by atoms with Crippen LogP contribution in [0.3, 0.4) is 0 Å². The molecule has 1 heterocycles. The number of carbonyl (C=O) groups is 1. The number of amides is 1. The molecule has 0 saturated heterocycles. The van der Waals surface area contributed by atoms with Crippen molar-refractivity contribution in [3.8, 4) is 0 Å². The molecule has 0 radical (unpaired) electrons. The molecule has 0 aliphatic heterocycles. The van der Waals surface area contributed by atoms with E-state index >= 15 is 0 Å². The Hall–Kier alpha value is -3.40. The monoisotopic (exact) mass is 574 g/mol. The Balaban J connectivity index is 1.79.